The molecule has 0 aliphatic carbocycles. The third kappa shape index (κ3) is 4.73. The van der Waals surface area contributed by atoms with Crippen LogP contribution in [0.4, 0.5) is 0 Å². The van der Waals surface area contributed by atoms with Crippen molar-refractivity contribution < 1.29 is 19.1 Å². The zero-order chi connectivity index (χ0) is 21.8. The highest BCUT2D eigenvalue weighted by atomic mass is 32.1. The second kappa shape index (κ2) is 9.44. The maximum absolute atomic E-state index is 12.9. The Hall–Kier alpha value is -2.65. The third-order valence-corrected chi connectivity index (χ3v) is 6.22. The van der Waals surface area contributed by atoms with Crippen LogP contribution >= 0.6 is 11.3 Å². The van der Waals surface area contributed by atoms with E-state index in [1.165, 1.54) is 11.3 Å². The zero-order valence-corrected chi connectivity index (χ0v) is 18.9. The fraction of sp³-hybridized carbons (Fsp3) is 0.476. The fourth-order valence-corrected chi connectivity index (χ4v) is 4.50. The van der Waals surface area contributed by atoms with Crippen LogP contribution in [0.5, 0.6) is 11.5 Å². The van der Waals surface area contributed by atoms with Crippen molar-refractivity contribution in [1.29, 1.82) is 0 Å². The summed E-state index contributed by atoms with van der Waals surface area (Å²) >= 11 is 1.45. The van der Waals surface area contributed by atoms with Gasteiger partial charge in [-0.25, -0.2) is 4.98 Å². The number of carbonyl (C=O) groups excluding carboxylic acids is 2. The van der Waals surface area contributed by atoms with Crippen LogP contribution in [0, 0.1) is 6.92 Å². The van der Waals surface area contributed by atoms with Crippen molar-refractivity contribution in [2.24, 2.45) is 0 Å². The van der Waals surface area contributed by atoms with E-state index in [1.807, 2.05) is 11.8 Å². The largest absolute Gasteiger partial charge is 0.493 e. The van der Waals surface area contributed by atoms with Crippen LogP contribution in [0.25, 0.3) is 0 Å². The summed E-state index contributed by atoms with van der Waals surface area (Å²) in [5.41, 5.74) is 1.36. The number of carbonyl (C=O) groups is 2. The average molecular weight is 433 g/mol. The molecule has 1 aromatic heterocycles. The number of benzene rings is 1. The summed E-state index contributed by atoms with van der Waals surface area (Å²) < 4.78 is 10.5. The molecule has 0 bridgehead atoms. The Morgan fingerprint density at radius 2 is 1.77 bits per heavy atom. The summed E-state index contributed by atoms with van der Waals surface area (Å²) in [7, 11) is 6.62. The molecule has 1 aromatic carbocycles. The second-order valence-electron chi connectivity index (χ2n) is 7.36. The molecule has 1 fully saturated rings. The van der Waals surface area contributed by atoms with Gasteiger partial charge in [-0.2, -0.15) is 0 Å². The predicted molar refractivity (Wildman–Crippen MR) is 116 cm³/mol. The monoisotopic (exact) mass is 432 g/mol. The zero-order valence-electron chi connectivity index (χ0n) is 18.1. The van der Waals surface area contributed by atoms with Gasteiger partial charge < -0.3 is 19.3 Å². The Bertz CT molecular complexity index is 920. The Morgan fingerprint density at radius 3 is 2.37 bits per heavy atom. The van der Waals surface area contributed by atoms with E-state index in [2.05, 4.69) is 9.88 Å². The predicted octanol–water partition coefficient (Wildman–Crippen LogP) is 2.13. The summed E-state index contributed by atoms with van der Waals surface area (Å²) in [5.74, 6) is 1.12. The molecular weight excluding hydrogens is 404 g/mol. The number of aryl methyl sites for hydroxylation is 1. The maximum atomic E-state index is 12.9. The number of methoxy groups -OCH3 is 2. The molecular formula is C21H28N4O4S. The molecule has 0 N–H and O–H groups in total. The molecule has 0 atom stereocenters. The molecule has 0 radical (unpaired) electrons. The van der Waals surface area contributed by atoms with Gasteiger partial charge in [0.25, 0.3) is 11.8 Å². The highest BCUT2D eigenvalue weighted by Gasteiger charge is 2.24. The molecule has 3 rings (SSSR count). The van der Waals surface area contributed by atoms with Crippen molar-refractivity contribution in [2.45, 2.75) is 13.5 Å². The molecule has 2 heterocycles. The minimum absolute atomic E-state index is 0.0124. The van der Waals surface area contributed by atoms with E-state index < -0.39 is 0 Å². The number of hydrogen-bond donors (Lipinski definition) is 0. The molecule has 1 aliphatic heterocycles. The summed E-state index contributed by atoms with van der Waals surface area (Å²) in [4.78, 5) is 36.1. The summed E-state index contributed by atoms with van der Waals surface area (Å²) in [5, 5.41) is 0.928. The fourth-order valence-electron chi connectivity index (χ4n) is 3.37. The van der Waals surface area contributed by atoms with Gasteiger partial charge in [0.05, 0.1) is 26.5 Å². The van der Waals surface area contributed by atoms with Gasteiger partial charge in [-0.1, -0.05) is 0 Å². The highest BCUT2D eigenvalue weighted by Crippen LogP contribution is 2.28. The average Bonchev–Trinajstić information content (AvgIpc) is 3.12. The number of amides is 2. The minimum atomic E-state index is -0.0143. The van der Waals surface area contributed by atoms with Gasteiger partial charge in [-0.15, -0.1) is 11.3 Å². The Labute approximate surface area is 181 Å². The molecule has 0 spiro atoms. The molecule has 1 saturated heterocycles. The van der Waals surface area contributed by atoms with Crippen LogP contribution in [0.3, 0.4) is 0 Å². The van der Waals surface area contributed by atoms with Crippen molar-refractivity contribution in [1.82, 2.24) is 19.7 Å². The Morgan fingerprint density at radius 1 is 1.10 bits per heavy atom. The maximum Gasteiger partial charge on any atom is 0.265 e. The van der Waals surface area contributed by atoms with Gasteiger partial charge >= 0.3 is 0 Å². The molecule has 162 valence electrons. The number of piperazine rings is 1. The summed E-state index contributed by atoms with van der Waals surface area (Å²) in [6.45, 7) is 5.35. The minimum Gasteiger partial charge on any atom is -0.493 e. The van der Waals surface area contributed by atoms with Gasteiger partial charge in [0.15, 0.2) is 11.5 Å². The van der Waals surface area contributed by atoms with Crippen LogP contribution in [-0.2, 0) is 6.54 Å². The van der Waals surface area contributed by atoms with E-state index in [9.17, 15) is 9.59 Å². The van der Waals surface area contributed by atoms with Crippen LogP contribution < -0.4 is 9.47 Å². The molecule has 9 heteroatoms. The number of rotatable bonds is 6. The summed E-state index contributed by atoms with van der Waals surface area (Å²) in [6.07, 6.45) is 0. The number of nitrogens with zero attached hydrogens (tertiary/aromatic N) is 4. The van der Waals surface area contributed by atoms with Crippen molar-refractivity contribution in [3.63, 3.8) is 0 Å². The van der Waals surface area contributed by atoms with Gasteiger partial charge in [0, 0.05) is 45.8 Å². The lowest BCUT2D eigenvalue weighted by molar-refractivity contribution is 0.0627. The number of ether oxygens (including phenoxy) is 2. The van der Waals surface area contributed by atoms with Gasteiger partial charge in [-0.05, 0) is 25.1 Å². The molecule has 0 saturated carbocycles. The third-order valence-electron chi connectivity index (χ3n) is 5.09. The lowest BCUT2D eigenvalue weighted by Crippen LogP contribution is -2.48. The molecule has 8 nitrogen and oxygen atoms in total. The first-order chi connectivity index (χ1) is 14.3. The van der Waals surface area contributed by atoms with Crippen molar-refractivity contribution in [3.05, 3.63) is 39.3 Å². The first-order valence-electron chi connectivity index (χ1n) is 9.75. The van der Waals surface area contributed by atoms with Crippen LogP contribution in [0.15, 0.2) is 18.2 Å². The Balaban J connectivity index is 1.59. The second-order valence-corrected chi connectivity index (χ2v) is 8.44. The molecule has 2 amide bonds. The van der Waals surface area contributed by atoms with E-state index in [0.717, 1.165) is 23.8 Å². The summed E-state index contributed by atoms with van der Waals surface area (Å²) in [6, 6.07) is 5.23. The van der Waals surface area contributed by atoms with Crippen LogP contribution in [-0.4, -0.2) is 86.0 Å². The van der Waals surface area contributed by atoms with Crippen LogP contribution in [0.2, 0.25) is 0 Å². The van der Waals surface area contributed by atoms with E-state index >= 15 is 0 Å². The molecule has 0 unspecified atom stereocenters. The van der Waals surface area contributed by atoms with Crippen molar-refractivity contribution in [3.8, 4) is 11.5 Å². The first kappa shape index (κ1) is 22.0. The van der Waals surface area contributed by atoms with Gasteiger partial charge in [0.2, 0.25) is 0 Å². The quantitative estimate of drug-likeness (QED) is 0.696. The highest BCUT2D eigenvalue weighted by molar-refractivity contribution is 7.13. The lowest BCUT2D eigenvalue weighted by atomic mass is 10.1. The molecule has 1 aliphatic rings. The van der Waals surface area contributed by atoms with E-state index in [1.54, 1.807) is 51.4 Å². The first-order valence-corrected chi connectivity index (χ1v) is 10.6. The Kier molecular flexibility index (Phi) is 6.94. The molecule has 30 heavy (non-hydrogen) atoms. The SMILES string of the molecule is COc1ccc(C(=O)N2CCN(Cc3nc(C)c(C(=O)N(C)C)s3)CC2)cc1OC. The van der Waals surface area contributed by atoms with E-state index in [0.29, 0.717) is 41.6 Å². The van der Waals surface area contributed by atoms with E-state index in [-0.39, 0.29) is 11.8 Å². The topological polar surface area (TPSA) is 75.2 Å². The lowest BCUT2D eigenvalue weighted by Gasteiger charge is -2.34. The van der Waals surface area contributed by atoms with Gasteiger partial charge in [0.1, 0.15) is 9.88 Å². The van der Waals surface area contributed by atoms with Crippen molar-refractivity contribution in [2.75, 3.05) is 54.5 Å². The van der Waals surface area contributed by atoms with E-state index in [4.69, 9.17) is 9.47 Å². The van der Waals surface area contributed by atoms with Crippen molar-refractivity contribution >= 4 is 23.2 Å². The molecule has 2 aromatic rings. The normalized spacial score (nSPS) is 14.5. The van der Waals surface area contributed by atoms with Crippen LogP contribution in [0.1, 0.15) is 30.7 Å². The van der Waals surface area contributed by atoms with Gasteiger partial charge in [-0.3, -0.25) is 14.5 Å². The number of thiazole rings is 1. The number of aromatic nitrogens is 1. The number of hydrogen-bond acceptors (Lipinski definition) is 7. The standard InChI is InChI=1S/C21H28N4O4S/c1-14-19(21(27)23(2)3)30-18(22-14)13-24-8-10-25(11-9-24)20(26)15-6-7-16(28-4)17(12-15)29-5/h6-7,12H,8-11,13H2,1-5H3. The smallest absolute Gasteiger partial charge is 0.265 e.